The van der Waals surface area contributed by atoms with Crippen molar-refractivity contribution >= 4 is 0 Å². The van der Waals surface area contributed by atoms with E-state index in [0.717, 1.165) is 12.0 Å². The van der Waals surface area contributed by atoms with Gasteiger partial charge in [0, 0.05) is 0 Å². The van der Waals surface area contributed by atoms with Crippen molar-refractivity contribution in [1.82, 2.24) is 0 Å². The van der Waals surface area contributed by atoms with Crippen LogP contribution in [-0.2, 0) is 6.42 Å². The average molecular weight is 181 g/mol. The van der Waals surface area contributed by atoms with Crippen LogP contribution < -0.4 is 5.73 Å². The molecule has 0 aromatic heterocycles. The summed E-state index contributed by atoms with van der Waals surface area (Å²) in [4.78, 5) is 0. The first-order chi connectivity index (χ1) is 6.24. The monoisotopic (exact) mass is 181 g/mol. The minimum absolute atomic E-state index is 0.353. The van der Waals surface area contributed by atoms with Crippen molar-refractivity contribution in [1.29, 1.82) is 0 Å². The van der Waals surface area contributed by atoms with Crippen LogP contribution in [0.25, 0.3) is 0 Å². The second kappa shape index (κ2) is 6.49. The van der Waals surface area contributed by atoms with Crippen LogP contribution in [0.2, 0.25) is 0 Å². The minimum Gasteiger partial charge on any atom is -0.508 e. The summed E-state index contributed by atoms with van der Waals surface area (Å²) in [5, 5.41) is 9.18. The van der Waals surface area contributed by atoms with Gasteiger partial charge in [0.2, 0.25) is 0 Å². The molecule has 0 unspecified atom stereocenters. The van der Waals surface area contributed by atoms with Crippen molar-refractivity contribution in [3.05, 3.63) is 29.3 Å². The van der Waals surface area contributed by atoms with Crippen LogP contribution in [0.3, 0.4) is 0 Å². The molecule has 0 heterocycles. The summed E-state index contributed by atoms with van der Waals surface area (Å²) >= 11 is 0. The maximum absolute atomic E-state index is 9.18. The number of phenolic OH excluding ortho intramolecular Hbond substituents is 1. The molecule has 2 heteroatoms. The van der Waals surface area contributed by atoms with Gasteiger partial charge in [0.25, 0.3) is 0 Å². The Morgan fingerprint density at radius 1 is 1.31 bits per heavy atom. The van der Waals surface area contributed by atoms with Gasteiger partial charge in [-0.15, -0.1) is 0 Å². The summed E-state index contributed by atoms with van der Waals surface area (Å²) in [6.07, 6.45) is 0.876. The highest BCUT2D eigenvalue weighted by Gasteiger charge is 1.96. The number of benzene rings is 1. The molecule has 0 spiro atoms. The van der Waals surface area contributed by atoms with Gasteiger partial charge in [-0.2, -0.15) is 0 Å². The Hall–Kier alpha value is -1.02. The molecule has 13 heavy (non-hydrogen) atoms. The number of rotatable bonds is 2. The molecular formula is C11H19NO. The van der Waals surface area contributed by atoms with Gasteiger partial charge in [-0.1, -0.05) is 26.0 Å². The number of nitrogens with two attached hydrogens (primary N) is 1. The zero-order valence-electron chi connectivity index (χ0n) is 8.67. The van der Waals surface area contributed by atoms with Gasteiger partial charge in [0.1, 0.15) is 5.75 Å². The van der Waals surface area contributed by atoms with Gasteiger partial charge < -0.3 is 10.8 Å². The second-order valence-corrected chi connectivity index (χ2v) is 2.66. The highest BCUT2D eigenvalue weighted by atomic mass is 16.3. The molecule has 74 valence electrons. The number of hydrogen-bond acceptors (Lipinski definition) is 2. The zero-order chi connectivity index (χ0) is 10.3. The number of aryl methyl sites for hydroxylation is 1. The lowest BCUT2D eigenvalue weighted by Crippen LogP contribution is -2.02. The Bertz CT molecular complexity index is 246. The molecule has 0 amide bonds. The van der Waals surface area contributed by atoms with E-state index in [4.69, 9.17) is 5.73 Å². The van der Waals surface area contributed by atoms with Gasteiger partial charge in [0.05, 0.1) is 0 Å². The lowest BCUT2D eigenvalue weighted by atomic mass is 10.1. The maximum atomic E-state index is 9.18. The summed E-state index contributed by atoms with van der Waals surface area (Å²) in [6, 6.07) is 5.57. The Kier molecular flexibility index (Phi) is 5.98. The molecule has 0 fully saturated rings. The third kappa shape index (κ3) is 3.95. The van der Waals surface area contributed by atoms with Crippen molar-refractivity contribution in [3.63, 3.8) is 0 Å². The summed E-state index contributed by atoms with van der Waals surface area (Å²) in [5.41, 5.74) is 7.48. The Morgan fingerprint density at radius 2 is 1.92 bits per heavy atom. The van der Waals surface area contributed by atoms with Crippen molar-refractivity contribution in [2.24, 2.45) is 5.73 Å². The zero-order valence-corrected chi connectivity index (χ0v) is 8.67. The Balaban J connectivity index is 0.000000671. The van der Waals surface area contributed by atoms with E-state index in [1.165, 1.54) is 5.56 Å². The Labute approximate surface area is 80.4 Å². The van der Waals surface area contributed by atoms with Crippen molar-refractivity contribution in [2.45, 2.75) is 27.2 Å². The van der Waals surface area contributed by atoms with Crippen LogP contribution in [-0.4, -0.2) is 11.7 Å². The van der Waals surface area contributed by atoms with E-state index < -0.39 is 0 Å². The van der Waals surface area contributed by atoms with Crippen LogP contribution in [0.4, 0.5) is 0 Å². The van der Waals surface area contributed by atoms with Crippen LogP contribution in [0.5, 0.6) is 5.75 Å². The normalized spacial score (nSPS) is 8.92. The third-order valence-corrected chi connectivity index (χ3v) is 1.69. The summed E-state index contributed by atoms with van der Waals surface area (Å²) in [7, 11) is 0. The number of hydrogen-bond donors (Lipinski definition) is 2. The first-order valence-electron chi connectivity index (χ1n) is 4.72. The third-order valence-electron chi connectivity index (χ3n) is 1.69. The fourth-order valence-electron chi connectivity index (χ4n) is 1.04. The van der Waals surface area contributed by atoms with Crippen molar-refractivity contribution < 1.29 is 5.11 Å². The van der Waals surface area contributed by atoms with Gasteiger partial charge in [-0.25, -0.2) is 0 Å². The maximum Gasteiger partial charge on any atom is 0.118 e. The molecule has 0 bridgehead atoms. The van der Waals surface area contributed by atoms with Crippen LogP contribution >= 0.6 is 0 Å². The standard InChI is InChI=1S/C9H13NO.C2H6/c1-7-6-8(4-5-10)2-3-9(7)11;1-2/h2-3,6,11H,4-5,10H2,1H3;1-2H3. The fraction of sp³-hybridized carbons (Fsp3) is 0.455. The molecule has 3 N–H and O–H groups in total. The lowest BCUT2D eigenvalue weighted by molar-refractivity contribution is 0.471. The summed E-state index contributed by atoms with van der Waals surface area (Å²) in [5.74, 6) is 0.353. The molecule has 0 aliphatic heterocycles. The van der Waals surface area contributed by atoms with Gasteiger partial charge >= 0.3 is 0 Å². The quantitative estimate of drug-likeness (QED) is 0.735. The van der Waals surface area contributed by atoms with Crippen molar-refractivity contribution in [3.8, 4) is 5.75 Å². The number of aromatic hydroxyl groups is 1. The summed E-state index contributed by atoms with van der Waals surface area (Å²) < 4.78 is 0. The topological polar surface area (TPSA) is 46.2 Å². The van der Waals surface area contributed by atoms with Crippen LogP contribution in [0, 0.1) is 6.92 Å². The molecule has 1 aromatic rings. The van der Waals surface area contributed by atoms with E-state index in [1.54, 1.807) is 6.07 Å². The molecule has 2 nitrogen and oxygen atoms in total. The fourth-order valence-corrected chi connectivity index (χ4v) is 1.04. The molecule has 0 saturated heterocycles. The first kappa shape index (κ1) is 12.0. The van der Waals surface area contributed by atoms with Crippen LogP contribution in [0.15, 0.2) is 18.2 Å². The van der Waals surface area contributed by atoms with E-state index in [-0.39, 0.29) is 0 Å². The van der Waals surface area contributed by atoms with Crippen LogP contribution in [0.1, 0.15) is 25.0 Å². The van der Waals surface area contributed by atoms with E-state index in [2.05, 4.69) is 0 Å². The van der Waals surface area contributed by atoms with Gasteiger partial charge in [-0.05, 0) is 37.1 Å². The molecule has 0 saturated carbocycles. The molecule has 0 aliphatic carbocycles. The second-order valence-electron chi connectivity index (χ2n) is 2.66. The van der Waals surface area contributed by atoms with E-state index in [9.17, 15) is 5.11 Å². The molecule has 1 aromatic carbocycles. The predicted octanol–water partition coefficient (Wildman–Crippen LogP) is 2.23. The molecule has 1 rings (SSSR count). The Morgan fingerprint density at radius 3 is 2.38 bits per heavy atom. The number of phenols is 1. The van der Waals surface area contributed by atoms with Crippen molar-refractivity contribution in [2.75, 3.05) is 6.54 Å². The SMILES string of the molecule is CC.Cc1cc(CCN)ccc1O. The molecule has 0 radical (unpaired) electrons. The first-order valence-corrected chi connectivity index (χ1v) is 4.72. The predicted molar refractivity (Wildman–Crippen MR) is 57.0 cm³/mol. The lowest BCUT2D eigenvalue weighted by Gasteiger charge is -2.01. The van der Waals surface area contributed by atoms with Gasteiger partial charge in [0.15, 0.2) is 0 Å². The molecular weight excluding hydrogens is 162 g/mol. The van der Waals surface area contributed by atoms with E-state index in [0.29, 0.717) is 12.3 Å². The highest BCUT2D eigenvalue weighted by molar-refractivity contribution is 5.34. The molecule has 0 atom stereocenters. The molecule has 0 aliphatic rings. The largest absolute Gasteiger partial charge is 0.508 e. The van der Waals surface area contributed by atoms with E-state index in [1.807, 2.05) is 32.9 Å². The van der Waals surface area contributed by atoms with Gasteiger partial charge in [-0.3, -0.25) is 0 Å². The highest BCUT2D eigenvalue weighted by Crippen LogP contribution is 2.16. The van der Waals surface area contributed by atoms with E-state index >= 15 is 0 Å². The summed E-state index contributed by atoms with van der Waals surface area (Å²) in [6.45, 7) is 6.54. The smallest absolute Gasteiger partial charge is 0.118 e. The average Bonchev–Trinajstić information content (AvgIpc) is 2.15. The minimum atomic E-state index is 0.353.